The monoisotopic (exact) mass is 340 g/mol. The summed E-state index contributed by atoms with van der Waals surface area (Å²) in [6, 6.07) is 12.5. The maximum atomic E-state index is 5.59. The van der Waals surface area contributed by atoms with Crippen LogP contribution in [0.15, 0.2) is 36.4 Å². The maximum Gasteiger partial charge on any atom is 0.173 e. The molecule has 5 heteroatoms. The van der Waals surface area contributed by atoms with Gasteiger partial charge in [0.25, 0.3) is 0 Å². The minimum atomic E-state index is 0.801. The molecule has 0 radical (unpaired) electrons. The minimum Gasteiger partial charge on any atom is -0.353 e. The van der Waals surface area contributed by atoms with Crippen molar-refractivity contribution in [3.05, 3.63) is 53.2 Å². The molecule has 3 rings (SSSR count). The fourth-order valence-corrected chi connectivity index (χ4v) is 3.17. The highest BCUT2D eigenvalue weighted by Gasteiger charge is 2.20. The van der Waals surface area contributed by atoms with Gasteiger partial charge in [0.15, 0.2) is 5.11 Å². The second kappa shape index (κ2) is 7.18. The minimum absolute atomic E-state index is 0.801. The van der Waals surface area contributed by atoms with E-state index in [1.807, 2.05) is 13.0 Å². The molecule has 0 spiro atoms. The van der Waals surface area contributed by atoms with Gasteiger partial charge in [0.2, 0.25) is 0 Å². The maximum absolute atomic E-state index is 5.59. The molecule has 2 heterocycles. The van der Waals surface area contributed by atoms with Crippen molar-refractivity contribution in [2.75, 3.05) is 36.4 Å². The van der Waals surface area contributed by atoms with Crippen LogP contribution >= 0.6 is 12.2 Å². The smallest absolute Gasteiger partial charge is 0.173 e. The van der Waals surface area contributed by atoms with E-state index in [1.165, 1.54) is 11.1 Å². The van der Waals surface area contributed by atoms with Gasteiger partial charge in [-0.3, -0.25) is 0 Å². The number of benzene rings is 1. The van der Waals surface area contributed by atoms with Gasteiger partial charge in [-0.15, -0.1) is 0 Å². The number of hydrogen-bond donors (Lipinski definition) is 1. The highest BCUT2D eigenvalue weighted by atomic mass is 32.1. The first kappa shape index (κ1) is 16.7. The molecule has 0 aliphatic carbocycles. The Morgan fingerprint density at radius 3 is 2.42 bits per heavy atom. The zero-order chi connectivity index (χ0) is 17.1. The van der Waals surface area contributed by atoms with Crippen LogP contribution in [-0.4, -0.2) is 41.2 Å². The average molecular weight is 340 g/mol. The van der Waals surface area contributed by atoms with Crippen molar-refractivity contribution in [1.82, 2.24) is 9.88 Å². The van der Waals surface area contributed by atoms with Crippen LogP contribution in [0, 0.1) is 20.8 Å². The predicted molar refractivity (Wildman–Crippen MR) is 105 cm³/mol. The summed E-state index contributed by atoms with van der Waals surface area (Å²) in [7, 11) is 0. The van der Waals surface area contributed by atoms with E-state index < -0.39 is 0 Å². The van der Waals surface area contributed by atoms with Gasteiger partial charge >= 0.3 is 0 Å². The van der Waals surface area contributed by atoms with Gasteiger partial charge < -0.3 is 15.1 Å². The number of anilines is 2. The standard InChI is InChI=1S/C19H24N4S/c1-14-7-8-17(13-15(14)2)21-19(24)23-11-9-22(10-12-23)18-6-4-5-16(3)20-18/h4-8,13H,9-12H2,1-3H3,(H,21,24). The van der Waals surface area contributed by atoms with Crippen molar-refractivity contribution >= 4 is 28.8 Å². The molecule has 1 aromatic carbocycles. The first-order valence-electron chi connectivity index (χ1n) is 8.35. The second-order valence-electron chi connectivity index (χ2n) is 6.34. The van der Waals surface area contributed by atoms with Crippen LogP contribution in [0.1, 0.15) is 16.8 Å². The van der Waals surface area contributed by atoms with Crippen LogP contribution in [0.2, 0.25) is 0 Å². The fourth-order valence-electron chi connectivity index (χ4n) is 2.87. The van der Waals surface area contributed by atoms with Crippen LogP contribution in [-0.2, 0) is 0 Å². The molecule has 1 fully saturated rings. The van der Waals surface area contributed by atoms with Crippen molar-refractivity contribution in [2.45, 2.75) is 20.8 Å². The molecule has 1 aromatic heterocycles. The Balaban J connectivity index is 1.58. The van der Waals surface area contributed by atoms with E-state index in [0.29, 0.717) is 0 Å². The summed E-state index contributed by atoms with van der Waals surface area (Å²) in [5, 5.41) is 4.17. The van der Waals surface area contributed by atoms with Gasteiger partial charge in [0.1, 0.15) is 5.82 Å². The van der Waals surface area contributed by atoms with E-state index in [9.17, 15) is 0 Å². The quantitative estimate of drug-likeness (QED) is 0.846. The lowest BCUT2D eigenvalue weighted by molar-refractivity contribution is 0.389. The average Bonchev–Trinajstić information content (AvgIpc) is 2.58. The third-order valence-electron chi connectivity index (χ3n) is 4.52. The van der Waals surface area contributed by atoms with Crippen LogP contribution in [0.3, 0.4) is 0 Å². The number of hydrogen-bond acceptors (Lipinski definition) is 3. The lowest BCUT2D eigenvalue weighted by Gasteiger charge is -2.37. The third kappa shape index (κ3) is 3.85. The molecular weight excluding hydrogens is 316 g/mol. The highest BCUT2D eigenvalue weighted by molar-refractivity contribution is 7.80. The molecule has 0 saturated carbocycles. The highest BCUT2D eigenvalue weighted by Crippen LogP contribution is 2.17. The van der Waals surface area contributed by atoms with Gasteiger partial charge in [0, 0.05) is 37.6 Å². The van der Waals surface area contributed by atoms with E-state index in [1.54, 1.807) is 0 Å². The molecule has 1 N–H and O–H groups in total. The first-order valence-corrected chi connectivity index (χ1v) is 8.75. The first-order chi connectivity index (χ1) is 11.5. The van der Waals surface area contributed by atoms with E-state index in [2.05, 4.69) is 64.3 Å². The van der Waals surface area contributed by atoms with Crippen molar-refractivity contribution in [3.63, 3.8) is 0 Å². The number of nitrogens with zero attached hydrogens (tertiary/aromatic N) is 3. The van der Waals surface area contributed by atoms with E-state index >= 15 is 0 Å². The molecule has 4 nitrogen and oxygen atoms in total. The SMILES string of the molecule is Cc1cccc(N2CCN(C(=S)Nc3ccc(C)c(C)c3)CC2)n1. The summed E-state index contributed by atoms with van der Waals surface area (Å²) in [4.78, 5) is 9.17. The largest absolute Gasteiger partial charge is 0.353 e. The summed E-state index contributed by atoms with van der Waals surface area (Å²) in [5.41, 5.74) is 4.69. The summed E-state index contributed by atoms with van der Waals surface area (Å²) in [6.45, 7) is 9.96. The lowest BCUT2D eigenvalue weighted by atomic mass is 10.1. The van der Waals surface area contributed by atoms with Gasteiger partial charge in [-0.25, -0.2) is 4.98 Å². The van der Waals surface area contributed by atoms with Gasteiger partial charge in [-0.05, 0) is 68.4 Å². The summed E-state index contributed by atoms with van der Waals surface area (Å²) in [6.07, 6.45) is 0. The van der Waals surface area contributed by atoms with Gasteiger partial charge in [0.05, 0.1) is 0 Å². The molecule has 24 heavy (non-hydrogen) atoms. The number of rotatable bonds is 2. The predicted octanol–water partition coefficient (Wildman–Crippen LogP) is 3.53. The summed E-state index contributed by atoms with van der Waals surface area (Å²) < 4.78 is 0. The Bertz CT molecular complexity index is 736. The number of pyridine rings is 1. The summed E-state index contributed by atoms with van der Waals surface area (Å²) >= 11 is 5.59. The van der Waals surface area contributed by atoms with Crippen LogP contribution in [0.25, 0.3) is 0 Å². The third-order valence-corrected chi connectivity index (χ3v) is 4.88. The van der Waals surface area contributed by atoms with E-state index in [0.717, 1.165) is 48.5 Å². The Labute approximate surface area is 149 Å². The molecule has 126 valence electrons. The number of nitrogens with one attached hydrogen (secondary N) is 1. The molecular formula is C19H24N4S. The number of piperazine rings is 1. The van der Waals surface area contributed by atoms with Crippen LogP contribution in [0.4, 0.5) is 11.5 Å². The molecule has 0 atom stereocenters. The van der Waals surface area contributed by atoms with Crippen molar-refractivity contribution < 1.29 is 0 Å². The normalized spacial score (nSPS) is 14.6. The molecule has 1 aliphatic rings. The van der Waals surface area contributed by atoms with Crippen molar-refractivity contribution in [1.29, 1.82) is 0 Å². The zero-order valence-electron chi connectivity index (χ0n) is 14.5. The molecule has 0 bridgehead atoms. The Morgan fingerprint density at radius 1 is 1.00 bits per heavy atom. The number of aryl methyl sites for hydroxylation is 3. The molecule has 2 aromatic rings. The molecule has 1 saturated heterocycles. The number of aromatic nitrogens is 1. The Morgan fingerprint density at radius 2 is 1.75 bits per heavy atom. The van der Waals surface area contributed by atoms with Crippen LogP contribution < -0.4 is 10.2 Å². The second-order valence-corrected chi connectivity index (χ2v) is 6.73. The zero-order valence-corrected chi connectivity index (χ0v) is 15.4. The Kier molecular flexibility index (Phi) is 5.00. The topological polar surface area (TPSA) is 31.4 Å². The van der Waals surface area contributed by atoms with Crippen molar-refractivity contribution in [3.8, 4) is 0 Å². The summed E-state index contributed by atoms with van der Waals surface area (Å²) in [5.74, 6) is 1.06. The van der Waals surface area contributed by atoms with E-state index in [-0.39, 0.29) is 0 Å². The van der Waals surface area contributed by atoms with Crippen molar-refractivity contribution in [2.24, 2.45) is 0 Å². The molecule has 0 amide bonds. The van der Waals surface area contributed by atoms with Gasteiger partial charge in [-0.2, -0.15) is 0 Å². The van der Waals surface area contributed by atoms with Crippen LogP contribution in [0.5, 0.6) is 0 Å². The van der Waals surface area contributed by atoms with E-state index in [4.69, 9.17) is 12.2 Å². The molecule has 1 aliphatic heterocycles. The Hall–Kier alpha value is -2.14. The fraction of sp³-hybridized carbons (Fsp3) is 0.368. The molecule has 0 unspecified atom stereocenters. The lowest BCUT2D eigenvalue weighted by Crippen LogP contribution is -2.50. The number of thiocarbonyl (C=S) groups is 1. The van der Waals surface area contributed by atoms with Gasteiger partial charge in [-0.1, -0.05) is 12.1 Å².